The van der Waals surface area contributed by atoms with Crippen LogP contribution in [0.2, 0.25) is 0 Å². The summed E-state index contributed by atoms with van der Waals surface area (Å²) in [5.74, 6) is -2.65. The fourth-order valence-electron chi connectivity index (χ4n) is 7.02. The zero-order valence-corrected chi connectivity index (χ0v) is 32.7. The minimum atomic E-state index is -1.07. The van der Waals surface area contributed by atoms with Gasteiger partial charge in [0.15, 0.2) is 5.78 Å². The van der Waals surface area contributed by atoms with Crippen LogP contribution in [0.4, 0.5) is 0 Å². The smallest absolute Gasteiger partial charge is 0.306 e. The number of carboxylic acids is 1. The highest BCUT2D eigenvalue weighted by Crippen LogP contribution is 2.32. The number of phenolic OH excluding ortho intramolecular Hbond substituents is 1. The van der Waals surface area contributed by atoms with Crippen molar-refractivity contribution in [2.75, 3.05) is 33.9 Å². The minimum Gasteiger partial charge on any atom is -0.508 e. The first kappa shape index (κ1) is 43.0. The summed E-state index contributed by atoms with van der Waals surface area (Å²) in [6.45, 7) is 11.1. The van der Waals surface area contributed by atoms with Gasteiger partial charge in [-0.1, -0.05) is 59.6 Å². The number of aliphatic hydroxyl groups is 1. The largest absolute Gasteiger partial charge is 0.508 e. The second-order valence-corrected chi connectivity index (χ2v) is 15.7. The van der Waals surface area contributed by atoms with Gasteiger partial charge in [-0.25, -0.2) is 4.98 Å². The molecule has 1 saturated heterocycles. The quantitative estimate of drug-likeness (QED) is 0.131. The molecule has 1 aromatic heterocycles. The second kappa shape index (κ2) is 20.7. The maximum Gasteiger partial charge on any atom is 0.306 e. The minimum absolute atomic E-state index is 0.0236. The molecule has 1 aromatic carbocycles. The van der Waals surface area contributed by atoms with Gasteiger partial charge in [0.2, 0.25) is 5.91 Å². The number of amides is 2. The number of phenols is 1. The number of piperidine rings is 1. The Kier molecular flexibility index (Phi) is 17.2. The first-order valence-electron chi connectivity index (χ1n) is 18.6. The van der Waals surface area contributed by atoms with Gasteiger partial charge in [-0.05, 0) is 68.8 Å². The number of aliphatic hydroxyl groups excluding tert-OH is 1. The molecule has 7 atom stereocenters. The Morgan fingerprint density at radius 1 is 1.10 bits per heavy atom. The number of likely N-dealkylation sites (N-methyl/N-ethyl adjacent to an activating group) is 1. The lowest BCUT2D eigenvalue weighted by Crippen LogP contribution is -2.50. The average Bonchev–Trinajstić information content (AvgIpc) is 3.61. The number of aromatic hydroxyl groups is 1. The van der Waals surface area contributed by atoms with Crippen LogP contribution < -0.4 is 5.32 Å². The molecule has 1 aliphatic rings. The number of ether oxygens (including phenoxy) is 1. The number of likely N-dealkylation sites (tertiary alicyclic amines) is 1. The average molecular weight is 745 g/mol. The van der Waals surface area contributed by atoms with Gasteiger partial charge in [0.05, 0.1) is 18.6 Å². The number of nitrogens with one attached hydrogen (secondary N) is 1. The number of hydrogen-bond acceptors (Lipinski definition) is 10. The Balaban J connectivity index is 1.79. The van der Waals surface area contributed by atoms with Gasteiger partial charge in [-0.2, -0.15) is 0 Å². The predicted octanol–water partition coefficient (Wildman–Crippen LogP) is 5.33. The number of ketones is 1. The van der Waals surface area contributed by atoms with Gasteiger partial charge in [-0.3, -0.25) is 24.1 Å². The zero-order chi connectivity index (χ0) is 38.5. The number of carbonyl (C=O) groups is 4. The van der Waals surface area contributed by atoms with Crippen molar-refractivity contribution in [3.05, 3.63) is 45.9 Å². The van der Waals surface area contributed by atoms with Crippen LogP contribution in [0.15, 0.2) is 29.6 Å². The van der Waals surface area contributed by atoms with Crippen molar-refractivity contribution in [1.29, 1.82) is 0 Å². The Labute approximate surface area is 313 Å². The monoisotopic (exact) mass is 744 g/mol. The Morgan fingerprint density at radius 3 is 2.38 bits per heavy atom. The maximum atomic E-state index is 14.5. The molecular weight excluding hydrogens is 685 g/mol. The topological polar surface area (TPSA) is 170 Å². The van der Waals surface area contributed by atoms with Crippen molar-refractivity contribution in [3.63, 3.8) is 0 Å². The van der Waals surface area contributed by atoms with Gasteiger partial charge in [-0.15, -0.1) is 11.3 Å². The fraction of sp³-hybridized carbons (Fsp3) is 0.667. The molecule has 0 spiro atoms. The zero-order valence-electron chi connectivity index (χ0n) is 31.9. The summed E-state index contributed by atoms with van der Waals surface area (Å²) >= 11 is 1.15. The lowest BCUT2D eigenvalue weighted by molar-refractivity contribution is -0.145. The molecule has 0 radical (unpaired) electrons. The molecule has 4 N–H and O–H groups in total. The van der Waals surface area contributed by atoms with Crippen LogP contribution in [0, 0.1) is 23.7 Å². The summed E-state index contributed by atoms with van der Waals surface area (Å²) in [7, 11) is 3.56. The third kappa shape index (κ3) is 12.3. The van der Waals surface area contributed by atoms with Crippen molar-refractivity contribution in [2.45, 2.75) is 110 Å². The number of carboxylic acid groups (broad SMARTS) is 1. The van der Waals surface area contributed by atoms with Crippen LogP contribution in [0.3, 0.4) is 0 Å². The number of methoxy groups -OCH3 is 1. The number of carbonyl (C=O) groups excluding carboxylic acids is 3. The van der Waals surface area contributed by atoms with Crippen LogP contribution >= 0.6 is 11.3 Å². The molecule has 0 saturated carbocycles. The van der Waals surface area contributed by atoms with Gasteiger partial charge >= 0.3 is 5.97 Å². The summed E-state index contributed by atoms with van der Waals surface area (Å²) in [6.07, 6.45) is 3.42. The molecule has 0 bridgehead atoms. The summed E-state index contributed by atoms with van der Waals surface area (Å²) in [4.78, 5) is 61.5. The van der Waals surface area contributed by atoms with E-state index in [-0.39, 0.29) is 60.3 Å². The van der Waals surface area contributed by atoms with Crippen molar-refractivity contribution in [2.24, 2.45) is 23.7 Å². The van der Waals surface area contributed by atoms with E-state index in [4.69, 9.17) is 4.74 Å². The van der Waals surface area contributed by atoms with E-state index in [0.717, 1.165) is 49.1 Å². The van der Waals surface area contributed by atoms with E-state index < -0.39 is 41.9 Å². The molecule has 0 aliphatic carbocycles. The SMILES string of the molecule is CCC(C)C(CC(=O)C1CCCCN1C)C(=O)N(CCOC)C(CC(O)c1nc(C(=O)NC(Cc2ccc(O)cc2)CC(C)C(=O)O)cs1)C(C)C. The van der Waals surface area contributed by atoms with E-state index in [2.05, 4.69) is 15.2 Å². The van der Waals surface area contributed by atoms with Gasteiger partial charge < -0.3 is 30.3 Å². The summed E-state index contributed by atoms with van der Waals surface area (Å²) in [5, 5.41) is 35.5. The molecule has 1 fully saturated rings. The number of aromatic nitrogens is 1. The summed E-state index contributed by atoms with van der Waals surface area (Å²) < 4.78 is 5.41. The summed E-state index contributed by atoms with van der Waals surface area (Å²) in [5.41, 5.74) is 0.929. The molecular formula is C39H60N4O8S. The van der Waals surface area contributed by atoms with E-state index in [1.54, 1.807) is 36.4 Å². The number of aliphatic carboxylic acids is 1. The van der Waals surface area contributed by atoms with Gasteiger partial charge in [0.25, 0.3) is 5.91 Å². The van der Waals surface area contributed by atoms with Gasteiger partial charge in [0, 0.05) is 49.9 Å². The van der Waals surface area contributed by atoms with Crippen molar-refractivity contribution < 1.29 is 39.2 Å². The lowest BCUT2D eigenvalue weighted by atomic mass is 9.82. The Morgan fingerprint density at radius 2 is 1.79 bits per heavy atom. The number of benzene rings is 1. The molecule has 290 valence electrons. The molecule has 2 aromatic rings. The molecule has 12 nitrogen and oxygen atoms in total. The highest BCUT2D eigenvalue weighted by atomic mass is 32.1. The molecule has 2 heterocycles. The Bertz CT molecular complexity index is 1450. The summed E-state index contributed by atoms with van der Waals surface area (Å²) in [6, 6.07) is 5.43. The third-order valence-electron chi connectivity index (χ3n) is 10.5. The molecule has 2 amide bonds. The van der Waals surface area contributed by atoms with Crippen LogP contribution in [0.5, 0.6) is 5.75 Å². The normalized spacial score (nSPS) is 18.6. The number of hydrogen-bond donors (Lipinski definition) is 4. The van der Waals surface area contributed by atoms with E-state index in [1.165, 1.54) is 12.1 Å². The maximum absolute atomic E-state index is 14.5. The molecule has 7 unspecified atom stereocenters. The molecule has 52 heavy (non-hydrogen) atoms. The highest BCUT2D eigenvalue weighted by Gasteiger charge is 2.38. The number of Topliss-reactive ketones (excluding diaryl/α,β-unsaturated/α-hetero) is 1. The Hall–Kier alpha value is -3.39. The predicted molar refractivity (Wildman–Crippen MR) is 201 cm³/mol. The van der Waals surface area contributed by atoms with Crippen LogP contribution in [-0.2, 0) is 25.5 Å². The molecule has 3 rings (SSSR count). The van der Waals surface area contributed by atoms with Crippen LogP contribution in [0.25, 0.3) is 0 Å². The fourth-order valence-corrected chi connectivity index (χ4v) is 7.82. The van der Waals surface area contributed by atoms with E-state index in [0.29, 0.717) is 24.6 Å². The van der Waals surface area contributed by atoms with Crippen molar-refractivity contribution in [1.82, 2.24) is 20.1 Å². The van der Waals surface area contributed by atoms with E-state index >= 15 is 0 Å². The van der Waals surface area contributed by atoms with Crippen LogP contribution in [-0.4, -0.2) is 106 Å². The number of rotatable bonds is 21. The molecule has 13 heteroatoms. The first-order valence-corrected chi connectivity index (χ1v) is 19.5. The molecule has 1 aliphatic heterocycles. The van der Waals surface area contributed by atoms with Gasteiger partial charge in [0.1, 0.15) is 22.6 Å². The third-order valence-corrected chi connectivity index (χ3v) is 11.5. The van der Waals surface area contributed by atoms with E-state index in [1.807, 2.05) is 34.7 Å². The number of thiazole rings is 1. The van der Waals surface area contributed by atoms with E-state index in [9.17, 15) is 34.5 Å². The standard InChI is InChI=1S/C39H60N4O8S/c1-8-25(4)30(21-34(45)32-11-9-10-16-42(32)6)38(48)43(17-18-51-7)33(24(2)3)22-35(46)37-41-31(23-52-37)36(47)40-28(19-26(5)39(49)50)20-27-12-14-29(44)15-13-27/h12-15,23-26,28,30,32-33,35,44,46H,8-11,16-22H2,1-7H3,(H,40,47)(H,49,50). The van der Waals surface area contributed by atoms with Crippen LogP contribution in [0.1, 0.15) is 107 Å². The number of nitrogens with zero attached hydrogens (tertiary/aromatic N) is 3. The van der Waals surface area contributed by atoms with Crippen molar-refractivity contribution >= 4 is 34.9 Å². The first-order chi connectivity index (χ1) is 24.7. The highest BCUT2D eigenvalue weighted by molar-refractivity contribution is 7.09. The van der Waals surface area contributed by atoms with Crippen molar-refractivity contribution in [3.8, 4) is 5.75 Å². The second-order valence-electron chi connectivity index (χ2n) is 14.8. The lowest BCUT2D eigenvalue weighted by Gasteiger charge is -2.39.